The molecule has 0 atom stereocenters. The largest absolute Gasteiger partial charge is 0.369 e. The fourth-order valence-corrected chi connectivity index (χ4v) is 1.63. The van der Waals surface area contributed by atoms with Gasteiger partial charge in [0.1, 0.15) is 0 Å². The zero-order chi connectivity index (χ0) is 12.6. The van der Waals surface area contributed by atoms with Gasteiger partial charge in [0.15, 0.2) is 0 Å². The van der Waals surface area contributed by atoms with Gasteiger partial charge in [0, 0.05) is 13.2 Å². The number of nitrogens with zero attached hydrogens (tertiary/aromatic N) is 2. The van der Waals surface area contributed by atoms with E-state index in [9.17, 15) is 14.4 Å². The van der Waals surface area contributed by atoms with Crippen LogP contribution in [0.2, 0.25) is 0 Å². The molecule has 2 rings (SSSR count). The number of rotatable bonds is 2. The summed E-state index contributed by atoms with van der Waals surface area (Å²) in [7, 11) is 1.36. The van der Waals surface area contributed by atoms with Gasteiger partial charge in [-0.1, -0.05) is 0 Å². The summed E-state index contributed by atoms with van der Waals surface area (Å²) < 4.78 is 0.937. The molecule has 2 aromatic rings. The molecule has 88 valence electrons. The van der Waals surface area contributed by atoms with Crippen LogP contribution in [0, 0.1) is 0 Å². The summed E-state index contributed by atoms with van der Waals surface area (Å²) >= 11 is 0. The number of nitrogens with two attached hydrogens (primary N) is 1. The first kappa shape index (κ1) is 11.1. The summed E-state index contributed by atoms with van der Waals surface area (Å²) in [6, 6.07) is 0. The number of primary amides is 1. The maximum atomic E-state index is 11.9. The number of carbonyl (C=O) groups is 1. The SMILES string of the molecule is Cn1c(=O)[nH]c2cncc(CC(N)=O)c2c1=O. The molecule has 7 nitrogen and oxygen atoms in total. The molecule has 2 aromatic heterocycles. The molecule has 7 heteroatoms. The third kappa shape index (κ3) is 1.82. The molecule has 0 spiro atoms. The molecule has 0 saturated carbocycles. The van der Waals surface area contributed by atoms with Gasteiger partial charge in [0.25, 0.3) is 5.56 Å². The van der Waals surface area contributed by atoms with Crippen molar-refractivity contribution in [1.29, 1.82) is 0 Å². The number of H-pyrrole nitrogens is 1. The lowest BCUT2D eigenvalue weighted by Crippen LogP contribution is -2.33. The highest BCUT2D eigenvalue weighted by molar-refractivity contribution is 5.86. The average Bonchev–Trinajstić information content (AvgIpc) is 2.25. The molecule has 0 saturated heterocycles. The van der Waals surface area contributed by atoms with E-state index in [1.807, 2.05) is 0 Å². The minimum absolute atomic E-state index is 0.0916. The molecule has 0 bridgehead atoms. The summed E-state index contributed by atoms with van der Waals surface area (Å²) in [5.74, 6) is -0.562. The Kier molecular flexibility index (Phi) is 2.51. The van der Waals surface area contributed by atoms with Gasteiger partial charge in [-0.15, -0.1) is 0 Å². The molecule has 17 heavy (non-hydrogen) atoms. The summed E-state index contributed by atoms with van der Waals surface area (Å²) in [6.45, 7) is 0. The molecule has 3 N–H and O–H groups in total. The number of aromatic nitrogens is 3. The van der Waals surface area contributed by atoms with Crippen LogP contribution >= 0.6 is 0 Å². The summed E-state index contributed by atoms with van der Waals surface area (Å²) in [5, 5.41) is 0.265. The van der Waals surface area contributed by atoms with Crippen molar-refractivity contribution in [2.75, 3.05) is 0 Å². The van der Waals surface area contributed by atoms with Crippen LogP contribution in [0.5, 0.6) is 0 Å². The first-order valence-corrected chi connectivity index (χ1v) is 4.85. The number of hydrogen-bond acceptors (Lipinski definition) is 4. The lowest BCUT2D eigenvalue weighted by atomic mass is 10.1. The van der Waals surface area contributed by atoms with E-state index in [1.54, 1.807) is 0 Å². The fourth-order valence-electron chi connectivity index (χ4n) is 1.63. The topological polar surface area (TPSA) is 111 Å². The maximum absolute atomic E-state index is 11.9. The van der Waals surface area contributed by atoms with E-state index >= 15 is 0 Å². The zero-order valence-corrected chi connectivity index (χ0v) is 9.06. The van der Waals surface area contributed by atoms with E-state index in [0.29, 0.717) is 11.1 Å². The Balaban J connectivity index is 2.89. The Hall–Kier alpha value is -2.44. The first-order chi connectivity index (χ1) is 8.00. The van der Waals surface area contributed by atoms with Crippen molar-refractivity contribution < 1.29 is 4.79 Å². The Labute approximate surface area is 94.9 Å². The van der Waals surface area contributed by atoms with Crippen LogP contribution in [0.25, 0.3) is 10.9 Å². The molecule has 0 aliphatic heterocycles. The Morgan fingerprint density at radius 2 is 2.18 bits per heavy atom. The smallest absolute Gasteiger partial charge is 0.328 e. The summed E-state index contributed by atoms with van der Waals surface area (Å²) in [5.41, 5.74) is 4.80. The highest BCUT2D eigenvalue weighted by Gasteiger charge is 2.11. The molecule has 0 aliphatic rings. The predicted molar refractivity (Wildman–Crippen MR) is 60.5 cm³/mol. The number of hydrogen-bond donors (Lipinski definition) is 2. The van der Waals surface area contributed by atoms with Gasteiger partial charge in [-0.25, -0.2) is 4.79 Å². The second kappa shape index (κ2) is 3.85. The Bertz CT molecular complexity index is 714. The van der Waals surface area contributed by atoms with Crippen molar-refractivity contribution in [1.82, 2.24) is 14.5 Å². The molecule has 0 aromatic carbocycles. The van der Waals surface area contributed by atoms with Crippen molar-refractivity contribution in [2.24, 2.45) is 12.8 Å². The molecule has 0 radical (unpaired) electrons. The van der Waals surface area contributed by atoms with Crippen LogP contribution in [-0.4, -0.2) is 20.4 Å². The molecule has 0 unspecified atom stereocenters. The highest BCUT2D eigenvalue weighted by Crippen LogP contribution is 2.09. The number of aromatic amines is 1. The third-order valence-corrected chi connectivity index (χ3v) is 2.45. The molecular weight excluding hydrogens is 224 g/mol. The van der Waals surface area contributed by atoms with Gasteiger partial charge in [-0.2, -0.15) is 0 Å². The molecule has 1 amide bonds. The predicted octanol–water partition coefficient (Wildman–Crippen LogP) is -1.35. The van der Waals surface area contributed by atoms with Crippen LogP contribution < -0.4 is 17.0 Å². The lowest BCUT2D eigenvalue weighted by Gasteiger charge is -2.04. The summed E-state index contributed by atoms with van der Waals surface area (Å²) in [4.78, 5) is 40.5. The quantitative estimate of drug-likeness (QED) is 0.669. The Morgan fingerprint density at radius 3 is 2.82 bits per heavy atom. The van der Waals surface area contributed by atoms with Crippen LogP contribution in [-0.2, 0) is 18.3 Å². The second-order valence-electron chi connectivity index (χ2n) is 3.66. The first-order valence-electron chi connectivity index (χ1n) is 4.85. The summed E-state index contributed by atoms with van der Waals surface area (Å²) in [6.07, 6.45) is 2.67. The number of fused-ring (bicyclic) bond motifs is 1. The highest BCUT2D eigenvalue weighted by atomic mass is 16.2. The van der Waals surface area contributed by atoms with Crippen LogP contribution in [0.3, 0.4) is 0 Å². The van der Waals surface area contributed by atoms with Gasteiger partial charge in [0.05, 0.1) is 23.5 Å². The lowest BCUT2D eigenvalue weighted by molar-refractivity contribution is -0.117. The van der Waals surface area contributed by atoms with E-state index in [2.05, 4.69) is 9.97 Å². The van der Waals surface area contributed by atoms with Gasteiger partial charge in [-0.05, 0) is 5.56 Å². The van der Waals surface area contributed by atoms with Crippen molar-refractivity contribution in [3.63, 3.8) is 0 Å². The van der Waals surface area contributed by atoms with Crippen LogP contribution in [0.4, 0.5) is 0 Å². The van der Waals surface area contributed by atoms with Crippen LogP contribution in [0.1, 0.15) is 5.56 Å². The van der Waals surface area contributed by atoms with E-state index in [-0.39, 0.29) is 11.8 Å². The van der Waals surface area contributed by atoms with E-state index in [4.69, 9.17) is 5.73 Å². The van der Waals surface area contributed by atoms with Gasteiger partial charge >= 0.3 is 5.69 Å². The van der Waals surface area contributed by atoms with Crippen molar-refractivity contribution in [3.8, 4) is 0 Å². The number of carbonyl (C=O) groups excluding carboxylic acids is 1. The second-order valence-corrected chi connectivity index (χ2v) is 3.66. The van der Waals surface area contributed by atoms with Crippen molar-refractivity contribution in [3.05, 3.63) is 38.8 Å². The van der Waals surface area contributed by atoms with Crippen LogP contribution in [0.15, 0.2) is 22.0 Å². The number of pyridine rings is 1. The van der Waals surface area contributed by atoms with E-state index in [0.717, 1.165) is 4.57 Å². The van der Waals surface area contributed by atoms with Crippen molar-refractivity contribution >= 4 is 16.8 Å². The average molecular weight is 234 g/mol. The molecule has 2 heterocycles. The zero-order valence-electron chi connectivity index (χ0n) is 9.06. The maximum Gasteiger partial charge on any atom is 0.328 e. The molecule has 0 aliphatic carbocycles. The van der Waals surface area contributed by atoms with E-state index < -0.39 is 17.2 Å². The standard InChI is InChI=1S/C10H10N4O3/c1-14-9(16)8-5(2-7(11)15)3-12-4-6(8)13-10(14)17/h3-4H,2H2,1H3,(H2,11,15)(H,13,17). The third-order valence-electron chi connectivity index (χ3n) is 2.45. The minimum atomic E-state index is -0.562. The molecule has 0 fully saturated rings. The minimum Gasteiger partial charge on any atom is -0.369 e. The normalized spacial score (nSPS) is 10.6. The van der Waals surface area contributed by atoms with Crippen molar-refractivity contribution in [2.45, 2.75) is 6.42 Å². The van der Waals surface area contributed by atoms with Gasteiger partial charge in [0.2, 0.25) is 5.91 Å². The Morgan fingerprint density at radius 1 is 1.47 bits per heavy atom. The monoisotopic (exact) mass is 234 g/mol. The van der Waals surface area contributed by atoms with Gasteiger partial charge < -0.3 is 10.7 Å². The molecular formula is C10H10N4O3. The van der Waals surface area contributed by atoms with E-state index in [1.165, 1.54) is 19.4 Å². The number of nitrogens with one attached hydrogen (secondary N) is 1. The number of amides is 1. The van der Waals surface area contributed by atoms with Gasteiger partial charge in [-0.3, -0.25) is 19.1 Å². The fraction of sp³-hybridized carbons (Fsp3) is 0.200.